The van der Waals surface area contributed by atoms with Crippen LogP contribution in [0.25, 0.3) is 0 Å². The Kier molecular flexibility index (Phi) is 10.7. The Morgan fingerprint density at radius 1 is 0.667 bits per heavy atom. The van der Waals surface area contributed by atoms with Gasteiger partial charge in [0.25, 0.3) is 11.8 Å². The van der Waals surface area contributed by atoms with E-state index in [1.54, 1.807) is 35.2 Å². The van der Waals surface area contributed by atoms with Gasteiger partial charge in [0, 0.05) is 76.6 Å². The van der Waals surface area contributed by atoms with Gasteiger partial charge in [0.2, 0.25) is 20.0 Å². The highest BCUT2D eigenvalue weighted by Crippen LogP contribution is 2.23. The van der Waals surface area contributed by atoms with Crippen molar-refractivity contribution >= 4 is 44.3 Å². The molecule has 2 amide bonds. The van der Waals surface area contributed by atoms with E-state index in [4.69, 9.17) is 0 Å². The van der Waals surface area contributed by atoms with Crippen LogP contribution in [0.2, 0.25) is 0 Å². The van der Waals surface area contributed by atoms with Crippen molar-refractivity contribution in [3.05, 3.63) is 59.7 Å². The summed E-state index contributed by atoms with van der Waals surface area (Å²) in [6.45, 7) is 5.23. The van der Waals surface area contributed by atoms with E-state index < -0.39 is 20.0 Å². The summed E-state index contributed by atoms with van der Waals surface area (Å²) >= 11 is 0. The molecule has 5 rings (SSSR count). The third-order valence-corrected chi connectivity index (χ3v) is 11.7. The predicted molar refractivity (Wildman–Crippen MR) is 161 cm³/mol. The Labute approximate surface area is 254 Å². The first-order valence-electron chi connectivity index (χ1n) is 14.2. The monoisotopic (exact) mass is 639 g/mol. The molecule has 3 aliphatic rings. The van der Waals surface area contributed by atoms with Gasteiger partial charge < -0.3 is 10.2 Å². The minimum absolute atomic E-state index is 0. The molecule has 0 radical (unpaired) electrons. The Hall–Kier alpha value is -2.55. The zero-order chi connectivity index (χ0) is 29.0. The summed E-state index contributed by atoms with van der Waals surface area (Å²) in [5.74, 6) is -0.527. The third kappa shape index (κ3) is 7.14. The number of sulfonamides is 2. The van der Waals surface area contributed by atoms with Crippen LogP contribution in [0.1, 0.15) is 46.4 Å². The van der Waals surface area contributed by atoms with Crippen molar-refractivity contribution in [2.24, 2.45) is 0 Å². The highest BCUT2D eigenvalue weighted by atomic mass is 35.5. The summed E-state index contributed by atoms with van der Waals surface area (Å²) in [5, 5.41) is 2.87. The van der Waals surface area contributed by atoms with Crippen molar-refractivity contribution < 1.29 is 26.4 Å². The van der Waals surface area contributed by atoms with Crippen LogP contribution in [-0.4, -0.2) is 113 Å². The lowest BCUT2D eigenvalue weighted by Gasteiger charge is -2.34. The number of carbonyl (C=O) groups excluding carboxylic acids is 2. The number of hydrogen-bond acceptors (Lipinski definition) is 7. The van der Waals surface area contributed by atoms with E-state index in [-0.39, 0.29) is 34.0 Å². The smallest absolute Gasteiger partial charge is 0.253 e. The van der Waals surface area contributed by atoms with Gasteiger partial charge >= 0.3 is 0 Å². The number of nitrogens with one attached hydrogen (secondary N) is 1. The SMILES string of the molecule is Cl.O=C(NCCN1CCN(C(=O)c2cccc(S(=O)(=O)N3CCCC3)c2)CC1)c1cccc(S(=O)(=O)N2CCCC2)c1. The van der Waals surface area contributed by atoms with Crippen molar-refractivity contribution in [1.82, 2.24) is 23.7 Å². The first-order valence-corrected chi connectivity index (χ1v) is 17.0. The molecular weight excluding hydrogens is 602 g/mol. The lowest BCUT2D eigenvalue weighted by molar-refractivity contribution is 0.0637. The number of hydrogen-bond donors (Lipinski definition) is 1. The van der Waals surface area contributed by atoms with Crippen LogP contribution in [0, 0.1) is 0 Å². The fraction of sp³-hybridized carbons (Fsp3) is 0.500. The van der Waals surface area contributed by atoms with E-state index in [2.05, 4.69) is 10.2 Å². The maximum absolute atomic E-state index is 13.1. The first-order chi connectivity index (χ1) is 19.7. The molecule has 11 nitrogen and oxygen atoms in total. The van der Waals surface area contributed by atoms with Crippen LogP contribution < -0.4 is 5.32 Å². The van der Waals surface area contributed by atoms with Crippen molar-refractivity contribution in [1.29, 1.82) is 0 Å². The van der Waals surface area contributed by atoms with Crippen molar-refractivity contribution in [2.45, 2.75) is 35.5 Å². The fourth-order valence-corrected chi connectivity index (χ4v) is 8.66. The van der Waals surface area contributed by atoms with Crippen LogP contribution in [0.5, 0.6) is 0 Å². The lowest BCUT2D eigenvalue weighted by atomic mass is 10.2. The fourth-order valence-electron chi connectivity index (χ4n) is 5.53. The summed E-state index contributed by atoms with van der Waals surface area (Å²) in [6, 6.07) is 12.4. The topological polar surface area (TPSA) is 127 Å². The molecular formula is C28H38ClN5O6S2. The molecule has 0 spiro atoms. The molecule has 1 N–H and O–H groups in total. The van der Waals surface area contributed by atoms with Gasteiger partial charge in [-0.2, -0.15) is 8.61 Å². The molecule has 2 aromatic carbocycles. The second-order valence-corrected chi connectivity index (χ2v) is 14.5. The molecule has 230 valence electrons. The molecule has 0 atom stereocenters. The maximum atomic E-state index is 13.1. The molecule has 3 saturated heterocycles. The summed E-state index contributed by atoms with van der Waals surface area (Å²) in [7, 11) is -7.20. The maximum Gasteiger partial charge on any atom is 0.253 e. The van der Waals surface area contributed by atoms with Gasteiger partial charge in [0.05, 0.1) is 9.79 Å². The largest absolute Gasteiger partial charge is 0.351 e. The van der Waals surface area contributed by atoms with Crippen LogP contribution in [0.15, 0.2) is 58.3 Å². The van der Waals surface area contributed by atoms with Crippen LogP contribution in [0.4, 0.5) is 0 Å². The highest BCUT2D eigenvalue weighted by molar-refractivity contribution is 7.89. The molecule has 2 aromatic rings. The van der Waals surface area contributed by atoms with Gasteiger partial charge in [-0.3, -0.25) is 14.5 Å². The molecule has 3 heterocycles. The lowest BCUT2D eigenvalue weighted by Crippen LogP contribution is -2.50. The normalized spacial score (nSPS) is 19.0. The van der Waals surface area contributed by atoms with Crippen LogP contribution >= 0.6 is 12.4 Å². The number of rotatable bonds is 9. The number of benzene rings is 2. The van der Waals surface area contributed by atoms with E-state index in [1.807, 2.05) is 0 Å². The van der Waals surface area contributed by atoms with Crippen LogP contribution in [0.3, 0.4) is 0 Å². The minimum Gasteiger partial charge on any atom is -0.351 e. The Morgan fingerprint density at radius 3 is 1.67 bits per heavy atom. The summed E-state index contributed by atoms with van der Waals surface area (Å²) < 4.78 is 54.5. The van der Waals surface area contributed by atoms with Gasteiger partial charge in [-0.15, -0.1) is 12.4 Å². The predicted octanol–water partition coefficient (Wildman–Crippen LogP) is 1.87. The summed E-state index contributed by atoms with van der Waals surface area (Å²) in [4.78, 5) is 30.0. The molecule has 14 heteroatoms. The molecule has 0 saturated carbocycles. The second kappa shape index (κ2) is 13.8. The van der Waals surface area contributed by atoms with E-state index in [0.717, 1.165) is 25.7 Å². The first kappa shape index (κ1) is 32.4. The molecule has 0 unspecified atom stereocenters. The van der Waals surface area contributed by atoms with Crippen LogP contribution in [-0.2, 0) is 20.0 Å². The highest BCUT2D eigenvalue weighted by Gasteiger charge is 2.30. The molecule has 3 fully saturated rings. The zero-order valence-electron chi connectivity index (χ0n) is 23.5. The Bertz CT molecular complexity index is 1480. The zero-order valence-corrected chi connectivity index (χ0v) is 25.9. The van der Waals surface area contributed by atoms with E-state index in [9.17, 15) is 26.4 Å². The third-order valence-electron chi connectivity index (χ3n) is 7.96. The van der Waals surface area contributed by atoms with E-state index >= 15 is 0 Å². The number of halogens is 1. The number of carbonyl (C=O) groups is 2. The van der Waals surface area contributed by atoms with E-state index in [1.165, 1.54) is 26.8 Å². The van der Waals surface area contributed by atoms with Crippen molar-refractivity contribution in [3.8, 4) is 0 Å². The molecule has 0 aliphatic carbocycles. The molecule has 0 aromatic heterocycles. The second-order valence-electron chi connectivity index (χ2n) is 10.7. The Balaban J connectivity index is 0.00000405. The van der Waals surface area contributed by atoms with Crippen molar-refractivity contribution in [3.63, 3.8) is 0 Å². The number of piperazine rings is 1. The summed E-state index contributed by atoms with van der Waals surface area (Å²) in [5.41, 5.74) is 0.662. The van der Waals surface area contributed by atoms with E-state index in [0.29, 0.717) is 76.6 Å². The van der Waals surface area contributed by atoms with Gasteiger partial charge in [-0.1, -0.05) is 12.1 Å². The van der Waals surface area contributed by atoms with Gasteiger partial charge in [0.15, 0.2) is 0 Å². The summed E-state index contributed by atoms with van der Waals surface area (Å²) in [6.07, 6.45) is 3.39. The van der Waals surface area contributed by atoms with Gasteiger partial charge in [0.1, 0.15) is 0 Å². The molecule has 42 heavy (non-hydrogen) atoms. The minimum atomic E-state index is -3.60. The van der Waals surface area contributed by atoms with Gasteiger partial charge in [-0.25, -0.2) is 16.8 Å². The quantitative estimate of drug-likeness (QED) is 0.444. The standard InChI is InChI=1S/C28H37N5O6S2.ClH/c34-27(23-7-5-9-25(21-23)40(36,37)32-12-1-2-13-32)29-11-16-30-17-19-31(20-18-30)28(35)24-8-6-10-26(22-24)41(38,39)33-14-3-4-15-33;/h5-10,21-22H,1-4,11-20H2,(H,29,34);1H. The van der Waals surface area contributed by atoms with Gasteiger partial charge in [-0.05, 0) is 62.1 Å². The molecule has 3 aliphatic heterocycles. The average molecular weight is 640 g/mol. The molecule has 0 bridgehead atoms. The number of amides is 2. The average Bonchev–Trinajstić information content (AvgIpc) is 3.73. The number of nitrogens with zero attached hydrogens (tertiary/aromatic N) is 4. The van der Waals surface area contributed by atoms with Crippen molar-refractivity contribution in [2.75, 3.05) is 65.4 Å². The Morgan fingerprint density at radius 2 is 1.14 bits per heavy atom.